The van der Waals surface area contributed by atoms with Crippen molar-refractivity contribution in [1.29, 1.82) is 0 Å². The Kier molecular flexibility index (Phi) is 2.90. The number of rotatable bonds is 0. The molecule has 0 saturated carbocycles. The van der Waals surface area contributed by atoms with Gasteiger partial charge in [-0.1, -0.05) is 0 Å². The summed E-state index contributed by atoms with van der Waals surface area (Å²) in [4.78, 5) is 13.3. The first-order valence-corrected chi connectivity index (χ1v) is 4.08. The molecule has 2 unspecified atom stereocenters. The van der Waals surface area contributed by atoms with Crippen molar-refractivity contribution in [1.82, 2.24) is 4.90 Å². The van der Waals surface area contributed by atoms with E-state index in [0.717, 1.165) is 19.5 Å². The summed E-state index contributed by atoms with van der Waals surface area (Å²) in [5.41, 5.74) is 0. The van der Waals surface area contributed by atoms with E-state index >= 15 is 0 Å². The van der Waals surface area contributed by atoms with E-state index in [1.54, 1.807) is 0 Å². The van der Waals surface area contributed by atoms with Crippen LogP contribution in [0.1, 0.15) is 19.3 Å². The average Bonchev–Trinajstić information content (AvgIpc) is 1.85. The van der Waals surface area contributed by atoms with Gasteiger partial charge in [0.2, 0.25) is 0 Å². The van der Waals surface area contributed by atoms with Gasteiger partial charge in [0.15, 0.2) is 0 Å². The first kappa shape index (κ1) is 9.01. The van der Waals surface area contributed by atoms with E-state index in [1.165, 1.54) is 19.4 Å². The third-order valence-electron chi connectivity index (χ3n) is 2.52. The maximum atomic E-state index is 11.0. The van der Waals surface area contributed by atoms with E-state index in [1.807, 2.05) is 0 Å². The fraction of sp³-hybridized carbons (Fsp3) is 0.875. The largest absolute Gasteiger partial charge is 0.298 e. The number of nitrogens with zero attached hydrogens (tertiary/aromatic N) is 1. The molecule has 2 heterocycles. The molecule has 0 radical (unpaired) electrons. The van der Waals surface area contributed by atoms with Gasteiger partial charge in [0.25, 0.3) is 0 Å². The maximum Gasteiger partial charge on any atom is 0.147 e. The normalized spacial score (nSPS) is 36.2. The van der Waals surface area contributed by atoms with Gasteiger partial charge in [-0.3, -0.25) is 9.69 Å². The summed E-state index contributed by atoms with van der Waals surface area (Å²) in [6.07, 6.45) is 3.44. The lowest BCUT2D eigenvalue weighted by Crippen LogP contribution is -2.44. The first-order chi connectivity index (χ1) is 4.84. The minimum absolute atomic E-state index is 0. The van der Waals surface area contributed by atoms with Crippen molar-refractivity contribution < 1.29 is 4.79 Å². The van der Waals surface area contributed by atoms with Crippen molar-refractivity contribution in [2.24, 2.45) is 5.92 Å². The highest BCUT2D eigenvalue weighted by atomic mass is 35.5. The van der Waals surface area contributed by atoms with Crippen LogP contribution in [0, 0.1) is 5.92 Å². The van der Waals surface area contributed by atoms with Crippen LogP contribution in [0.5, 0.6) is 0 Å². The fourth-order valence-corrected chi connectivity index (χ4v) is 2.10. The number of ketones is 1. The van der Waals surface area contributed by atoms with Crippen molar-refractivity contribution in [3.8, 4) is 0 Å². The van der Waals surface area contributed by atoms with E-state index in [0.29, 0.717) is 11.7 Å². The first-order valence-electron chi connectivity index (χ1n) is 4.08. The second-order valence-electron chi connectivity index (χ2n) is 3.49. The Hall–Kier alpha value is -0.0800. The standard InChI is InChI=1S/C8H13NO.ClH/c10-8-4-7-2-1-3-9(5-7)6-8;/h7H,1-6H2;1H. The van der Waals surface area contributed by atoms with Gasteiger partial charge >= 0.3 is 0 Å². The van der Waals surface area contributed by atoms with Crippen LogP contribution in [-0.2, 0) is 4.79 Å². The molecule has 0 N–H and O–H groups in total. The van der Waals surface area contributed by atoms with Gasteiger partial charge in [-0.05, 0) is 25.3 Å². The number of carbonyl (C=O) groups is 1. The highest BCUT2D eigenvalue weighted by molar-refractivity contribution is 5.85. The van der Waals surface area contributed by atoms with Gasteiger partial charge in [-0.2, -0.15) is 0 Å². The minimum atomic E-state index is 0. The van der Waals surface area contributed by atoms with Crippen LogP contribution in [0.4, 0.5) is 0 Å². The summed E-state index contributed by atoms with van der Waals surface area (Å²) >= 11 is 0. The second kappa shape index (κ2) is 3.55. The Morgan fingerprint density at radius 2 is 2.27 bits per heavy atom. The minimum Gasteiger partial charge on any atom is -0.298 e. The molecule has 2 fully saturated rings. The lowest BCUT2D eigenvalue weighted by Gasteiger charge is -2.36. The smallest absolute Gasteiger partial charge is 0.147 e. The molecular formula is C8H14ClNO. The van der Waals surface area contributed by atoms with Crippen LogP contribution in [0.3, 0.4) is 0 Å². The van der Waals surface area contributed by atoms with Crippen LogP contribution in [0.25, 0.3) is 0 Å². The number of hydrogen-bond donors (Lipinski definition) is 0. The van der Waals surface area contributed by atoms with E-state index in [9.17, 15) is 4.79 Å². The number of hydrogen-bond acceptors (Lipinski definition) is 2. The van der Waals surface area contributed by atoms with Crippen molar-refractivity contribution in [2.45, 2.75) is 19.3 Å². The molecule has 0 aliphatic carbocycles. The van der Waals surface area contributed by atoms with Crippen LogP contribution in [-0.4, -0.2) is 30.3 Å². The quantitative estimate of drug-likeness (QED) is 0.550. The predicted molar refractivity (Wildman–Crippen MR) is 46.0 cm³/mol. The molecule has 0 aromatic carbocycles. The lowest BCUT2D eigenvalue weighted by molar-refractivity contribution is -0.125. The molecule has 0 aromatic heterocycles. The molecule has 2 aliphatic heterocycles. The highest BCUT2D eigenvalue weighted by Crippen LogP contribution is 2.23. The van der Waals surface area contributed by atoms with Gasteiger partial charge in [0.1, 0.15) is 5.78 Å². The van der Waals surface area contributed by atoms with Crippen LogP contribution < -0.4 is 0 Å². The average molecular weight is 176 g/mol. The zero-order chi connectivity index (χ0) is 6.97. The molecule has 3 heteroatoms. The summed E-state index contributed by atoms with van der Waals surface area (Å²) in [5, 5.41) is 0. The molecule has 2 bridgehead atoms. The van der Waals surface area contributed by atoms with Gasteiger partial charge in [-0.15, -0.1) is 12.4 Å². The summed E-state index contributed by atoms with van der Waals surface area (Å²) < 4.78 is 0. The second-order valence-corrected chi connectivity index (χ2v) is 3.49. The number of halogens is 1. The topological polar surface area (TPSA) is 20.3 Å². The molecule has 2 rings (SSSR count). The molecule has 0 aromatic rings. The molecular weight excluding hydrogens is 162 g/mol. The molecule has 2 atom stereocenters. The van der Waals surface area contributed by atoms with E-state index in [-0.39, 0.29) is 12.4 Å². The molecule has 64 valence electrons. The molecule has 2 nitrogen and oxygen atoms in total. The Morgan fingerprint density at radius 1 is 1.45 bits per heavy atom. The third kappa shape index (κ3) is 1.94. The lowest BCUT2D eigenvalue weighted by atomic mass is 9.89. The fourth-order valence-electron chi connectivity index (χ4n) is 2.10. The summed E-state index contributed by atoms with van der Waals surface area (Å²) in [5.74, 6) is 1.16. The third-order valence-corrected chi connectivity index (χ3v) is 2.52. The molecule has 0 amide bonds. The summed E-state index contributed by atoms with van der Waals surface area (Å²) in [6.45, 7) is 3.07. The molecule has 0 spiro atoms. The monoisotopic (exact) mass is 175 g/mol. The van der Waals surface area contributed by atoms with E-state index < -0.39 is 0 Å². The molecule has 11 heavy (non-hydrogen) atoms. The summed E-state index contributed by atoms with van der Waals surface area (Å²) in [6, 6.07) is 0. The zero-order valence-corrected chi connectivity index (χ0v) is 7.40. The predicted octanol–water partition coefficient (Wildman–Crippen LogP) is 1.09. The number of fused-ring (bicyclic) bond motifs is 2. The van der Waals surface area contributed by atoms with Crippen molar-refractivity contribution in [3.05, 3.63) is 0 Å². The Bertz CT molecular complexity index is 146. The SMILES string of the molecule is Cl.O=C1CC2CCCN(C1)C2. The van der Waals surface area contributed by atoms with Gasteiger partial charge in [0, 0.05) is 13.0 Å². The van der Waals surface area contributed by atoms with Crippen molar-refractivity contribution >= 4 is 18.2 Å². The molecule has 2 saturated heterocycles. The van der Waals surface area contributed by atoms with Crippen LogP contribution in [0.15, 0.2) is 0 Å². The summed E-state index contributed by atoms with van der Waals surface area (Å²) in [7, 11) is 0. The number of carbonyl (C=O) groups excluding carboxylic acids is 1. The zero-order valence-electron chi connectivity index (χ0n) is 6.58. The van der Waals surface area contributed by atoms with E-state index in [4.69, 9.17) is 0 Å². The van der Waals surface area contributed by atoms with Crippen LogP contribution in [0.2, 0.25) is 0 Å². The van der Waals surface area contributed by atoms with Gasteiger partial charge < -0.3 is 0 Å². The van der Waals surface area contributed by atoms with Crippen molar-refractivity contribution in [3.63, 3.8) is 0 Å². The van der Waals surface area contributed by atoms with Crippen LogP contribution >= 0.6 is 12.4 Å². The van der Waals surface area contributed by atoms with Crippen molar-refractivity contribution in [2.75, 3.05) is 19.6 Å². The number of piperidine rings is 2. The van der Waals surface area contributed by atoms with E-state index in [2.05, 4.69) is 4.90 Å². The molecule has 2 aliphatic rings. The Morgan fingerprint density at radius 3 is 3.00 bits per heavy atom. The Balaban J connectivity index is 0.000000605. The highest BCUT2D eigenvalue weighted by Gasteiger charge is 2.28. The number of Topliss-reactive ketones (excluding diaryl/α,β-unsaturated/α-hetero) is 1. The van der Waals surface area contributed by atoms with Gasteiger partial charge in [-0.25, -0.2) is 0 Å². The van der Waals surface area contributed by atoms with Gasteiger partial charge in [0.05, 0.1) is 6.54 Å². The Labute approximate surface area is 73.4 Å². The maximum absolute atomic E-state index is 11.0.